The molecule has 1 aromatic carbocycles. The molecule has 1 aromatic heterocycles. The summed E-state index contributed by atoms with van der Waals surface area (Å²) in [7, 11) is 0. The number of esters is 1. The van der Waals surface area contributed by atoms with Crippen LogP contribution in [0.3, 0.4) is 0 Å². The molecule has 8 heteroatoms. The first-order chi connectivity index (χ1) is 13.3. The Morgan fingerprint density at radius 2 is 1.89 bits per heavy atom. The highest BCUT2D eigenvalue weighted by Crippen LogP contribution is 2.18. The fourth-order valence-electron chi connectivity index (χ4n) is 2.10. The molecule has 28 heavy (non-hydrogen) atoms. The molecule has 1 heterocycles. The Labute approximate surface area is 164 Å². The number of hydrogen-bond donors (Lipinski definition) is 1. The predicted octanol–water partition coefficient (Wildman–Crippen LogP) is 3.02. The SMILES string of the molecule is CCCCOc1ccc(C(=O)NCC(=O)OCc2nc(C(C)(C)C)no2)cc1. The van der Waals surface area contributed by atoms with Gasteiger partial charge in [0.1, 0.15) is 12.3 Å². The molecule has 0 saturated carbocycles. The van der Waals surface area contributed by atoms with Crippen LogP contribution in [0.5, 0.6) is 5.75 Å². The largest absolute Gasteiger partial charge is 0.494 e. The lowest BCUT2D eigenvalue weighted by Gasteiger charge is -2.10. The van der Waals surface area contributed by atoms with Crippen molar-refractivity contribution >= 4 is 11.9 Å². The topological polar surface area (TPSA) is 104 Å². The fourth-order valence-corrected chi connectivity index (χ4v) is 2.10. The van der Waals surface area contributed by atoms with Gasteiger partial charge in [0.05, 0.1) is 6.61 Å². The minimum atomic E-state index is -0.594. The monoisotopic (exact) mass is 389 g/mol. The average Bonchev–Trinajstić information content (AvgIpc) is 3.15. The second-order valence-corrected chi connectivity index (χ2v) is 7.33. The van der Waals surface area contributed by atoms with Crippen LogP contribution in [0.4, 0.5) is 0 Å². The molecule has 0 fully saturated rings. The number of carbonyl (C=O) groups is 2. The highest BCUT2D eigenvalue weighted by Gasteiger charge is 2.21. The Morgan fingerprint density at radius 3 is 2.50 bits per heavy atom. The molecule has 2 aromatic rings. The van der Waals surface area contributed by atoms with E-state index < -0.39 is 5.97 Å². The molecule has 0 atom stereocenters. The van der Waals surface area contributed by atoms with Crippen LogP contribution in [0.15, 0.2) is 28.8 Å². The Balaban J connectivity index is 1.74. The number of benzene rings is 1. The molecule has 2 rings (SSSR count). The van der Waals surface area contributed by atoms with E-state index in [1.165, 1.54) is 0 Å². The van der Waals surface area contributed by atoms with Crippen LogP contribution in [0, 0.1) is 0 Å². The van der Waals surface area contributed by atoms with Gasteiger partial charge in [-0.15, -0.1) is 0 Å². The van der Waals surface area contributed by atoms with Gasteiger partial charge >= 0.3 is 5.97 Å². The van der Waals surface area contributed by atoms with E-state index in [9.17, 15) is 9.59 Å². The summed E-state index contributed by atoms with van der Waals surface area (Å²) in [5, 5.41) is 6.37. The number of ether oxygens (including phenoxy) is 2. The van der Waals surface area contributed by atoms with E-state index in [1.54, 1.807) is 24.3 Å². The maximum Gasteiger partial charge on any atom is 0.325 e. The fraction of sp³-hybridized carbons (Fsp3) is 0.500. The van der Waals surface area contributed by atoms with Crippen LogP contribution in [-0.4, -0.2) is 35.2 Å². The number of unbranched alkanes of at least 4 members (excludes halogenated alkanes) is 1. The van der Waals surface area contributed by atoms with Gasteiger partial charge in [-0.1, -0.05) is 39.3 Å². The van der Waals surface area contributed by atoms with Crippen molar-refractivity contribution < 1.29 is 23.6 Å². The number of rotatable bonds is 9. The average molecular weight is 389 g/mol. The minimum absolute atomic E-state index is 0.137. The normalized spacial score (nSPS) is 11.1. The zero-order valence-electron chi connectivity index (χ0n) is 16.8. The summed E-state index contributed by atoms with van der Waals surface area (Å²) >= 11 is 0. The van der Waals surface area contributed by atoms with Crippen LogP contribution in [0.2, 0.25) is 0 Å². The molecule has 0 radical (unpaired) electrons. The molecule has 0 spiro atoms. The lowest BCUT2D eigenvalue weighted by atomic mass is 9.96. The second kappa shape index (κ2) is 9.87. The Bertz CT molecular complexity index is 778. The van der Waals surface area contributed by atoms with Crippen molar-refractivity contribution in [1.29, 1.82) is 0 Å². The van der Waals surface area contributed by atoms with Gasteiger partial charge in [0, 0.05) is 11.0 Å². The van der Waals surface area contributed by atoms with Crippen LogP contribution >= 0.6 is 0 Å². The summed E-state index contributed by atoms with van der Waals surface area (Å²) in [6.45, 7) is 8.20. The highest BCUT2D eigenvalue weighted by atomic mass is 16.6. The molecule has 0 unspecified atom stereocenters. The van der Waals surface area contributed by atoms with Gasteiger partial charge in [-0.05, 0) is 30.7 Å². The summed E-state index contributed by atoms with van der Waals surface area (Å²) in [6.07, 6.45) is 2.03. The van der Waals surface area contributed by atoms with E-state index >= 15 is 0 Å². The Hall–Kier alpha value is -2.90. The van der Waals surface area contributed by atoms with E-state index in [0.717, 1.165) is 12.8 Å². The van der Waals surface area contributed by atoms with Crippen LogP contribution < -0.4 is 10.1 Å². The summed E-state index contributed by atoms with van der Waals surface area (Å²) < 4.78 is 15.6. The summed E-state index contributed by atoms with van der Waals surface area (Å²) in [5.41, 5.74) is 0.179. The third kappa shape index (κ3) is 6.68. The zero-order valence-corrected chi connectivity index (χ0v) is 16.8. The van der Waals surface area contributed by atoms with Crippen molar-refractivity contribution in [3.05, 3.63) is 41.5 Å². The van der Waals surface area contributed by atoms with Gasteiger partial charge in [0.15, 0.2) is 12.4 Å². The standard InChI is InChI=1S/C20H27N3O5/c1-5-6-11-26-15-9-7-14(8-10-15)18(25)21-12-17(24)27-13-16-22-19(23-28-16)20(2,3)4/h7-10H,5-6,11-13H2,1-4H3,(H,21,25). The van der Waals surface area contributed by atoms with Crippen LogP contribution in [0.25, 0.3) is 0 Å². The first-order valence-corrected chi connectivity index (χ1v) is 9.29. The summed E-state index contributed by atoms with van der Waals surface area (Å²) in [4.78, 5) is 28.1. The molecule has 0 aliphatic rings. The Kier molecular flexibility index (Phi) is 7.54. The van der Waals surface area contributed by atoms with Crippen molar-refractivity contribution in [2.45, 2.75) is 52.6 Å². The molecule has 1 N–H and O–H groups in total. The molecule has 0 aliphatic heterocycles. The smallest absolute Gasteiger partial charge is 0.325 e. The minimum Gasteiger partial charge on any atom is -0.494 e. The number of aromatic nitrogens is 2. The van der Waals surface area contributed by atoms with Gasteiger partial charge in [-0.3, -0.25) is 9.59 Å². The first kappa shape index (κ1) is 21.4. The second-order valence-electron chi connectivity index (χ2n) is 7.33. The number of nitrogens with zero attached hydrogens (tertiary/aromatic N) is 2. The first-order valence-electron chi connectivity index (χ1n) is 9.29. The summed E-state index contributed by atoms with van der Waals surface area (Å²) in [5.74, 6) is 0.490. The zero-order chi connectivity index (χ0) is 20.6. The van der Waals surface area contributed by atoms with E-state index in [0.29, 0.717) is 23.7 Å². The molecule has 0 saturated heterocycles. The molecule has 152 valence electrons. The molecule has 0 bridgehead atoms. The number of hydrogen-bond acceptors (Lipinski definition) is 7. The van der Waals surface area contributed by atoms with Crippen LogP contribution in [-0.2, 0) is 21.6 Å². The lowest BCUT2D eigenvalue weighted by molar-refractivity contribution is -0.144. The molecular weight excluding hydrogens is 362 g/mol. The maximum atomic E-state index is 12.1. The van der Waals surface area contributed by atoms with Gasteiger partial charge in [0.25, 0.3) is 11.8 Å². The van der Waals surface area contributed by atoms with Crippen molar-refractivity contribution in [3.8, 4) is 5.75 Å². The predicted molar refractivity (Wildman–Crippen MR) is 102 cm³/mol. The van der Waals surface area contributed by atoms with Crippen molar-refractivity contribution in [2.24, 2.45) is 0 Å². The van der Waals surface area contributed by atoms with Gasteiger partial charge in [-0.2, -0.15) is 4.98 Å². The van der Waals surface area contributed by atoms with Crippen LogP contribution in [0.1, 0.15) is 62.6 Å². The van der Waals surface area contributed by atoms with E-state index in [2.05, 4.69) is 22.4 Å². The molecule has 1 amide bonds. The number of carbonyl (C=O) groups excluding carboxylic acids is 2. The summed E-state index contributed by atoms with van der Waals surface area (Å²) in [6, 6.07) is 6.75. The maximum absolute atomic E-state index is 12.1. The van der Waals surface area contributed by atoms with Crippen molar-refractivity contribution in [3.63, 3.8) is 0 Å². The third-order valence-corrected chi connectivity index (χ3v) is 3.77. The highest BCUT2D eigenvalue weighted by molar-refractivity contribution is 5.95. The van der Waals surface area contributed by atoms with E-state index in [1.807, 2.05) is 20.8 Å². The lowest BCUT2D eigenvalue weighted by Crippen LogP contribution is -2.30. The van der Waals surface area contributed by atoms with Crippen molar-refractivity contribution in [1.82, 2.24) is 15.5 Å². The number of amides is 1. The molecule has 8 nitrogen and oxygen atoms in total. The quantitative estimate of drug-likeness (QED) is 0.519. The van der Waals surface area contributed by atoms with Gasteiger partial charge in [0.2, 0.25) is 0 Å². The number of nitrogens with one attached hydrogen (secondary N) is 1. The van der Waals surface area contributed by atoms with Gasteiger partial charge < -0.3 is 19.3 Å². The third-order valence-electron chi connectivity index (χ3n) is 3.77. The van der Waals surface area contributed by atoms with E-state index in [-0.39, 0.29) is 30.4 Å². The van der Waals surface area contributed by atoms with Crippen molar-refractivity contribution in [2.75, 3.05) is 13.2 Å². The molecule has 0 aliphatic carbocycles. The molecular formula is C20H27N3O5. The Morgan fingerprint density at radius 1 is 1.18 bits per heavy atom. The van der Waals surface area contributed by atoms with E-state index in [4.69, 9.17) is 14.0 Å². The van der Waals surface area contributed by atoms with Gasteiger partial charge in [-0.25, -0.2) is 0 Å².